The van der Waals surface area contributed by atoms with Crippen molar-refractivity contribution in [3.8, 4) is 0 Å². The first-order valence-corrected chi connectivity index (χ1v) is 7.91. The highest BCUT2D eigenvalue weighted by Crippen LogP contribution is 2.08. The van der Waals surface area contributed by atoms with Crippen molar-refractivity contribution < 1.29 is 33.8 Å². The Morgan fingerprint density at radius 2 is 1.65 bits per heavy atom. The maximum absolute atomic E-state index is 11.7. The van der Waals surface area contributed by atoms with Gasteiger partial charge in [-0.15, -0.1) is 0 Å². The molecule has 0 heterocycles. The predicted octanol–water partition coefficient (Wildman–Crippen LogP) is -1.02. The lowest BCUT2D eigenvalue weighted by Gasteiger charge is -2.22. The van der Waals surface area contributed by atoms with Crippen LogP contribution in [0.1, 0.15) is 46.5 Å². The molecule has 11 nitrogen and oxygen atoms in total. The fourth-order valence-corrected chi connectivity index (χ4v) is 1.70. The van der Waals surface area contributed by atoms with Crippen molar-refractivity contribution in [3.63, 3.8) is 0 Å². The molecular formula is C15H26N4O7. The number of primary amides is 1. The average molecular weight is 374 g/mol. The zero-order valence-corrected chi connectivity index (χ0v) is 15.0. The number of hydrogen-bond donors (Lipinski definition) is 5. The van der Waals surface area contributed by atoms with Gasteiger partial charge in [0.25, 0.3) is 0 Å². The van der Waals surface area contributed by atoms with Crippen LogP contribution in [0.25, 0.3) is 0 Å². The number of aliphatic carboxylic acids is 1. The number of imide groups is 1. The third-order valence-electron chi connectivity index (χ3n) is 2.95. The van der Waals surface area contributed by atoms with E-state index in [1.165, 1.54) is 0 Å². The molecule has 0 saturated heterocycles. The molecule has 0 bridgehead atoms. The molecule has 148 valence electrons. The second kappa shape index (κ2) is 10.3. The van der Waals surface area contributed by atoms with Crippen molar-refractivity contribution in [2.45, 2.75) is 64.1 Å². The highest BCUT2D eigenvalue weighted by molar-refractivity contribution is 5.98. The smallest absolute Gasteiger partial charge is 0.408 e. The van der Waals surface area contributed by atoms with Gasteiger partial charge in [0.1, 0.15) is 11.6 Å². The maximum Gasteiger partial charge on any atom is 0.408 e. The number of carboxylic acids is 1. The SMILES string of the molecule is CC(C)(C)OC(=O)N[C@@H](CCC(=O)NC(=O)[C@@H](N)CCC(N)=O)C(=O)O. The van der Waals surface area contributed by atoms with Gasteiger partial charge in [-0.05, 0) is 33.6 Å². The summed E-state index contributed by atoms with van der Waals surface area (Å²) in [7, 11) is 0. The van der Waals surface area contributed by atoms with Crippen molar-refractivity contribution in [2.75, 3.05) is 0 Å². The molecule has 26 heavy (non-hydrogen) atoms. The third-order valence-corrected chi connectivity index (χ3v) is 2.95. The number of nitrogens with one attached hydrogen (secondary N) is 2. The maximum atomic E-state index is 11.7. The van der Waals surface area contributed by atoms with Gasteiger partial charge in [0, 0.05) is 12.8 Å². The Hall–Kier alpha value is -2.69. The molecule has 0 aliphatic carbocycles. The number of nitrogens with two attached hydrogens (primary N) is 2. The first-order valence-electron chi connectivity index (χ1n) is 7.91. The summed E-state index contributed by atoms with van der Waals surface area (Å²) in [4.78, 5) is 56.8. The Labute approximate surface area is 150 Å². The minimum absolute atomic E-state index is 0.0214. The van der Waals surface area contributed by atoms with Gasteiger partial charge in [0.2, 0.25) is 17.7 Å². The van der Waals surface area contributed by atoms with E-state index in [9.17, 15) is 24.0 Å². The average Bonchev–Trinajstić information content (AvgIpc) is 2.46. The summed E-state index contributed by atoms with van der Waals surface area (Å²) in [6, 6.07) is -2.46. The zero-order chi connectivity index (χ0) is 20.5. The van der Waals surface area contributed by atoms with Crippen molar-refractivity contribution in [2.24, 2.45) is 11.5 Å². The molecule has 2 atom stereocenters. The summed E-state index contributed by atoms with van der Waals surface area (Å²) in [5, 5.41) is 13.2. The van der Waals surface area contributed by atoms with Crippen LogP contribution in [0, 0.1) is 0 Å². The van der Waals surface area contributed by atoms with E-state index >= 15 is 0 Å². The fraction of sp³-hybridized carbons (Fsp3) is 0.667. The molecule has 0 saturated carbocycles. The number of rotatable bonds is 9. The predicted molar refractivity (Wildman–Crippen MR) is 89.6 cm³/mol. The molecule has 0 aromatic rings. The van der Waals surface area contributed by atoms with Crippen LogP contribution in [-0.4, -0.2) is 52.6 Å². The van der Waals surface area contributed by atoms with E-state index in [4.69, 9.17) is 21.3 Å². The normalized spacial score (nSPS) is 13.2. The van der Waals surface area contributed by atoms with Crippen molar-refractivity contribution in [1.29, 1.82) is 0 Å². The van der Waals surface area contributed by atoms with E-state index in [0.29, 0.717) is 0 Å². The first kappa shape index (κ1) is 23.3. The van der Waals surface area contributed by atoms with Gasteiger partial charge in [0.05, 0.1) is 6.04 Å². The number of ether oxygens (including phenoxy) is 1. The molecule has 0 rings (SSSR count). The van der Waals surface area contributed by atoms with Crippen LogP contribution in [0.3, 0.4) is 0 Å². The second-order valence-corrected chi connectivity index (χ2v) is 6.60. The molecule has 0 unspecified atom stereocenters. The van der Waals surface area contributed by atoms with Crippen LogP contribution in [0.5, 0.6) is 0 Å². The topological polar surface area (TPSA) is 191 Å². The molecule has 0 spiro atoms. The second-order valence-electron chi connectivity index (χ2n) is 6.60. The van der Waals surface area contributed by atoms with Gasteiger partial charge in [-0.3, -0.25) is 19.7 Å². The minimum atomic E-state index is -1.37. The lowest BCUT2D eigenvalue weighted by Crippen LogP contribution is -2.46. The molecule has 4 amide bonds. The van der Waals surface area contributed by atoms with E-state index in [1.54, 1.807) is 20.8 Å². The van der Waals surface area contributed by atoms with Crippen molar-refractivity contribution in [1.82, 2.24) is 10.6 Å². The first-order chi connectivity index (χ1) is 11.8. The van der Waals surface area contributed by atoms with Gasteiger partial charge in [-0.25, -0.2) is 9.59 Å². The van der Waals surface area contributed by atoms with E-state index in [0.717, 1.165) is 0 Å². The van der Waals surface area contributed by atoms with Crippen LogP contribution in [-0.2, 0) is 23.9 Å². The monoisotopic (exact) mass is 374 g/mol. The molecular weight excluding hydrogens is 348 g/mol. The Balaban J connectivity index is 4.45. The molecule has 0 aromatic heterocycles. The van der Waals surface area contributed by atoms with Gasteiger partial charge in [0.15, 0.2) is 0 Å². The highest BCUT2D eigenvalue weighted by atomic mass is 16.6. The van der Waals surface area contributed by atoms with Crippen LogP contribution < -0.4 is 22.1 Å². The van der Waals surface area contributed by atoms with E-state index in [1.807, 2.05) is 5.32 Å². The third kappa shape index (κ3) is 11.0. The quantitative estimate of drug-likeness (QED) is 0.338. The summed E-state index contributed by atoms with van der Waals surface area (Å²) in [5.41, 5.74) is 9.63. The van der Waals surface area contributed by atoms with E-state index in [-0.39, 0.29) is 25.7 Å². The molecule has 0 fully saturated rings. The summed E-state index contributed by atoms with van der Waals surface area (Å²) in [6.07, 6.45) is -1.67. The number of amides is 4. The summed E-state index contributed by atoms with van der Waals surface area (Å²) < 4.78 is 4.95. The Morgan fingerprint density at radius 1 is 1.08 bits per heavy atom. The van der Waals surface area contributed by atoms with Gasteiger partial charge in [-0.2, -0.15) is 0 Å². The summed E-state index contributed by atoms with van der Waals surface area (Å²) in [5.74, 6) is -3.55. The summed E-state index contributed by atoms with van der Waals surface area (Å²) >= 11 is 0. The largest absolute Gasteiger partial charge is 0.480 e. The molecule has 7 N–H and O–H groups in total. The standard InChI is InChI=1S/C15H26N4O7/c1-15(2,3)26-14(25)18-9(13(23)24)5-7-11(21)19-12(22)8(16)4-6-10(17)20/h8-9H,4-7,16H2,1-3H3,(H2,17,20)(H,18,25)(H,23,24)(H,19,21,22)/t8-,9-/m0/s1. The molecule has 11 heteroatoms. The van der Waals surface area contributed by atoms with E-state index < -0.39 is 47.5 Å². The van der Waals surface area contributed by atoms with Crippen LogP contribution in [0.2, 0.25) is 0 Å². The number of carbonyl (C=O) groups is 5. The number of carboxylic acid groups (broad SMARTS) is 1. The van der Waals surface area contributed by atoms with Crippen molar-refractivity contribution >= 4 is 29.8 Å². The van der Waals surface area contributed by atoms with Crippen LogP contribution in [0.4, 0.5) is 4.79 Å². The fourth-order valence-electron chi connectivity index (χ4n) is 1.70. The lowest BCUT2D eigenvalue weighted by atomic mass is 10.1. The summed E-state index contributed by atoms with van der Waals surface area (Å²) in [6.45, 7) is 4.84. The van der Waals surface area contributed by atoms with Gasteiger partial charge < -0.3 is 26.6 Å². The molecule has 0 aliphatic heterocycles. The zero-order valence-electron chi connectivity index (χ0n) is 15.0. The molecule has 0 aromatic carbocycles. The molecule has 0 aliphatic rings. The Morgan fingerprint density at radius 3 is 2.12 bits per heavy atom. The minimum Gasteiger partial charge on any atom is -0.480 e. The number of alkyl carbamates (subject to hydrolysis) is 1. The van der Waals surface area contributed by atoms with Crippen LogP contribution >= 0.6 is 0 Å². The highest BCUT2D eigenvalue weighted by Gasteiger charge is 2.25. The number of hydrogen-bond acceptors (Lipinski definition) is 7. The lowest BCUT2D eigenvalue weighted by molar-refractivity contribution is -0.139. The van der Waals surface area contributed by atoms with Crippen molar-refractivity contribution in [3.05, 3.63) is 0 Å². The van der Waals surface area contributed by atoms with Crippen LogP contribution in [0.15, 0.2) is 0 Å². The van der Waals surface area contributed by atoms with Gasteiger partial charge in [-0.1, -0.05) is 0 Å². The number of carbonyl (C=O) groups excluding carboxylic acids is 4. The molecule has 0 radical (unpaired) electrons. The Bertz CT molecular complexity index is 557. The van der Waals surface area contributed by atoms with Gasteiger partial charge >= 0.3 is 12.1 Å². The Kier molecular flexibility index (Phi) is 9.27. The van der Waals surface area contributed by atoms with E-state index in [2.05, 4.69) is 5.32 Å².